The Bertz CT molecular complexity index is 575. The summed E-state index contributed by atoms with van der Waals surface area (Å²) in [6, 6.07) is 7.12. The Hall–Kier alpha value is -1.31. The van der Waals surface area contributed by atoms with Gasteiger partial charge in [-0.3, -0.25) is 4.79 Å². The van der Waals surface area contributed by atoms with Gasteiger partial charge in [0.2, 0.25) is 11.0 Å². The van der Waals surface area contributed by atoms with Crippen molar-refractivity contribution in [1.29, 1.82) is 0 Å². The minimum atomic E-state index is -0.126. The molecule has 1 heterocycles. The second kappa shape index (κ2) is 6.74. The van der Waals surface area contributed by atoms with E-state index in [2.05, 4.69) is 20.8 Å². The number of carbonyl (C=O) groups excluding carboxylic acids is 1. The summed E-state index contributed by atoms with van der Waals surface area (Å²) in [6.07, 6.45) is 0. The molecule has 2 N–H and O–H groups in total. The van der Waals surface area contributed by atoms with E-state index in [-0.39, 0.29) is 11.7 Å². The first-order chi connectivity index (χ1) is 9.19. The topological polar surface area (TPSA) is 66.9 Å². The SMILES string of the molecule is CNc1nnc(SCC(=O)Nc2ccccc2Cl)s1. The first-order valence-electron chi connectivity index (χ1n) is 5.37. The molecule has 0 aliphatic carbocycles. The average Bonchev–Trinajstić information content (AvgIpc) is 2.87. The lowest BCUT2D eigenvalue weighted by Crippen LogP contribution is -2.14. The quantitative estimate of drug-likeness (QED) is 0.831. The van der Waals surface area contributed by atoms with Crippen LogP contribution in [-0.2, 0) is 4.79 Å². The predicted molar refractivity (Wildman–Crippen MR) is 80.3 cm³/mol. The van der Waals surface area contributed by atoms with E-state index in [4.69, 9.17) is 11.6 Å². The number of hydrogen-bond acceptors (Lipinski definition) is 6. The lowest BCUT2D eigenvalue weighted by Gasteiger charge is -2.05. The molecule has 100 valence electrons. The van der Waals surface area contributed by atoms with Gasteiger partial charge >= 0.3 is 0 Å². The third kappa shape index (κ3) is 4.09. The van der Waals surface area contributed by atoms with E-state index in [9.17, 15) is 4.79 Å². The Morgan fingerprint density at radius 1 is 1.42 bits per heavy atom. The number of halogens is 1. The molecule has 0 aliphatic rings. The highest BCUT2D eigenvalue weighted by molar-refractivity contribution is 8.01. The van der Waals surface area contributed by atoms with Crippen LogP contribution < -0.4 is 10.6 Å². The van der Waals surface area contributed by atoms with Crippen molar-refractivity contribution in [2.24, 2.45) is 0 Å². The summed E-state index contributed by atoms with van der Waals surface area (Å²) < 4.78 is 0.749. The fourth-order valence-corrected chi connectivity index (χ4v) is 2.93. The summed E-state index contributed by atoms with van der Waals surface area (Å²) in [5, 5.41) is 14.7. The second-order valence-corrected chi connectivity index (χ2v) is 6.05. The normalized spacial score (nSPS) is 10.2. The first kappa shape index (κ1) is 14.1. The molecule has 19 heavy (non-hydrogen) atoms. The first-order valence-corrected chi connectivity index (χ1v) is 7.55. The van der Waals surface area contributed by atoms with Crippen LogP contribution in [0.25, 0.3) is 0 Å². The number of aromatic nitrogens is 2. The molecule has 0 saturated heterocycles. The van der Waals surface area contributed by atoms with Crippen LogP contribution in [0.5, 0.6) is 0 Å². The fourth-order valence-electron chi connectivity index (χ4n) is 1.25. The van der Waals surface area contributed by atoms with Gasteiger partial charge in [-0.15, -0.1) is 10.2 Å². The van der Waals surface area contributed by atoms with Gasteiger partial charge in [0, 0.05) is 7.05 Å². The molecule has 0 saturated carbocycles. The molecule has 0 aliphatic heterocycles. The van der Waals surface area contributed by atoms with E-state index in [0.29, 0.717) is 10.7 Å². The Morgan fingerprint density at radius 2 is 2.21 bits per heavy atom. The zero-order valence-corrected chi connectivity index (χ0v) is 12.4. The summed E-state index contributed by atoms with van der Waals surface area (Å²) in [6.45, 7) is 0. The van der Waals surface area contributed by atoms with Crippen molar-refractivity contribution in [3.8, 4) is 0 Å². The zero-order chi connectivity index (χ0) is 13.7. The van der Waals surface area contributed by atoms with E-state index in [1.165, 1.54) is 23.1 Å². The highest BCUT2D eigenvalue weighted by Gasteiger charge is 2.09. The van der Waals surface area contributed by atoms with Gasteiger partial charge in [0.15, 0.2) is 4.34 Å². The molecule has 0 atom stereocenters. The molecule has 5 nitrogen and oxygen atoms in total. The number of thioether (sulfide) groups is 1. The zero-order valence-electron chi connectivity index (χ0n) is 10.0. The number of anilines is 2. The summed E-state index contributed by atoms with van der Waals surface area (Å²) in [5.41, 5.74) is 0.614. The van der Waals surface area contributed by atoms with Crippen molar-refractivity contribution in [2.75, 3.05) is 23.4 Å². The third-order valence-corrected chi connectivity index (χ3v) is 4.50. The highest BCUT2D eigenvalue weighted by Crippen LogP contribution is 2.25. The van der Waals surface area contributed by atoms with Crippen LogP contribution in [0.1, 0.15) is 0 Å². The number of nitrogens with zero attached hydrogens (tertiary/aromatic N) is 2. The van der Waals surface area contributed by atoms with E-state index in [0.717, 1.165) is 9.47 Å². The number of rotatable bonds is 5. The van der Waals surface area contributed by atoms with E-state index in [1.807, 2.05) is 12.1 Å². The summed E-state index contributed by atoms with van der Waals surface area (Å²) >= 11 is 8.71. The molecule has 0 spiro atoms. The maximum absolute atomic E-state index is 11.8. The summed E-state index contributed by atoms with van der Waals surface area (Å²) in [7, 11) is 1.78. The Morgan fingerprint density at radius 3 is 2.89 bits per heavy atom. The lowest BCUT2D eigenvalue weighted by atomic mass is 10.3. The van der Waals surface area contributed by atoms with Crippen LogP contribution in [0.2, 0.25) is 5.02 Å². The van der Waals surface area contributed by atoms with Gasteiger partial charge < -0.3 is 10.6 Å². The molecule has 0 radical (unpaired) electrons. The second-order valence-electron chi connectivity index (χ2n) is 3.44. The van der Waals surface area contributed by atoms with E-state index < -0.39 is 0 Å². The van der Waals surface area contributed by atoms with Gasteiger partial charge in [-0.1, -0.05) is 46.8 Å². The van der Waals surface area contributed by atoms with Gasteiger partial charge in [-0.05, 0) is 12.1 Å². The van der Waals surface area contributed by atoms with Crippen molar-refractivity contribution in [3.05, 3.63) is 29.3 Å². The molecule has 0 unspecified atom stereocenters. The molecule has 2 rings (SSSR count). The third-order valence-electron chi connectivity index (χ3n) is 2.10. The van der Waals surface area contributed by atoms with Crippen LogP contribution in [0.4, 0.5) is 10.8 Å². The molecule has 1 amide bonds. The van der Waals surface area contributed by atoms with Crippen LogP contribution >= 0.6 is 34.7 Å². The van der Waals surface area contributed by atoms with Crippen LogP contribution in [-0.4, -0.2) is 28.9 Å². The number of hydrogen-bond donors (Lipinski definition) is 2. The molecular weight excluding hydrogens is 304 g/mol. The molecule has 8 heteroatoms. The number of benzene rings is 1. The van der Waals surface area contributed by atoms with Gasteiger partial charge in [0.1, 0.15) is 0 Å². The summed E-state index contributed by atoms with van der Waals surface area (Å²) in [4.78, 5) is 11.8. The average molecular weight is 315 g/mol. The van der Waals surface area contributed by atoms with Crippen LogP contribution in [0.15, 0.2) is 28.6 Å². The molecule has 0 bridgehead atoms. The van der Waals surface area contributed by atoms with Crippen molar-refractivity contribution >= 4 is 51.4 Å². The summed E-state index contributed by atoms with van der Waals surface area (Å²) in [5.74, 6) is 0.142. The van der Waals surface area contributed by atoms with Crippen molar-refractivity contribution < 1.29 is 4.79 Å². The van der Waals surface area contributed by atoms with Crippen molar-refractivity contribution in [1.82, 2.24) is 10.2 Å². The monoisotopic (exact) mass is 314 g/mol. The lowest BCUT2D eigenvalue weighted by molar-refractivity contribution is -0.113. The van der Waals surface area contributed by atoms with Gasteiger partial charge in [-0.2, -0.15) is 0 Å². The van der Waals surface area contributed by atoms with Crippen LogP contribution in [0.3, 0.4) is 0 Å². The number of para-hydroxylation sites is 1. The van der Waals surface area contributed by atoms with Crippen LogP contribution in [0, 0.1) is 0 Å². The predicted octanol–water partition coefficient (Wildman–Crippen LogP) is 2.96. The number of amides is 1. The minimum Gasteiger partial charge on any atom is -0.363 e. The Balaban J connectivity index is 1.86. The number of nitrogens with one attached hydrogen (secondary N) is 2. The maximum Gasteiger partial charge on any atom is 0.234 e. The Labute approximate surface area is 123 Å². The molecular formula is C11H11ClN4OS2. The standard InChI is InChI=1S/C11H11ClN4OS2/c1-13-10-15-16-11(19-10)18-6-9(17)14-8-5-3-2-4-7(8)12/h2-5H,6H2,1H3,(H,13,15)(H,14,17). The van der Waals surface area contributed by atoms with E-state index >= 15 is 0 Å². The highest BCUT2D eigenvalue weighted by atomic mass is 35.5. The fraction of sp³-hybridized carbons (Fsp3) is 0.182. The molecule has 0 fully saturated rings. The maximum atomic E-state index is 11.8. The number of carbonyl (C=O) groups is 1. The van der Waals surface area contributed by atoms with Gasteiger partial charge in [0.25, 0.3) is 0 Å². The van der Waals surface area contributed by atoms with Gasteiger partial charge in [-0.25, -0.2) is 0 Å². The molecule has 1 aromatic heterocycles. The molecule has 2 aromatic rings. The minimum absolute atomic E-state index is 0.126. The van der Waals surface area contributed by atoms with Crippen molar-refractivity contribution in [3.63, 3.8) is 0 Å². The molecule has 1 aromatic carbocycles. The largest absolute Gasteiger partial charge is 0.363 e. The Kier molecular flexibility index (Phi) is 5.00. The van der Waals surface area contributed by atoms with Gasteiger partial charge in [0.05, 0.1) is 16.5 Å². The smallest absolute Gasteiger partial charge is 0.234 e. The van der Waals surface area contributed by atoms with Crippen molar-refractivity contribution in [2.45, 2.75) is 4.34 Å². The van der Waals surface area contributed by atoms with E-state index in [1.54, 1.807) is 19.2 Å².